The van der Waals surface area contributed by atoms with Crippen LogP contribution in [0.15, 0.2) is 18.2 Å². The molecule has 94 valence electrons. The van der Waals surface area contributed by atoms with Gasteiger partial charge in [-0.05, 0) is 55.2 Å². The first-order valence-corrected chi connectivity index (χ1v) is 6.25. The summed E-state index contributed by atoms with van der Waals surface area (Å²) >= 11 is 0. The molecule has 0 radical (unpaired) electrons. The van der Waals surface area contributed by atoms with Gasteiger partial charge in [0.15, 0.2) is 5.82 Å². The van der Waals surface area contributed by atoms with Crippen LogP contribution in [0.5, 0.6) is 0 Å². The van der Waals surface area contributed by atoms with E-state index < -0.39 is 0 Å². The smallest absolute Gasteiger partial charge is 0.182 e. The monoisotopic (exact) mass is 243 g/mol. The fourth-order valence-corrected chi connectivity index (χ4v) is 2.41. The highest BCUT2D eigenvalue weighted by Crippen LogP contribution is 2.40. The van der Waals surface area contributed by atoms with E-state index in [1.807, 2.05) is 29.8 Å². The maximum atomic E-state index is 5.95. The van der Waals surface area contributed by atoms with E-state index in [0.29, 0.717) is 0 Å². The van der Waals surface area contributed by atoms with Crippen molar-refractivity contribution in [2.24, 2.45) is 0 Å². The van der Waals surface area contributed by atoms with Crippen molar-refractivity contribution in [1.82, 2.24) is 20.2 Å². The van der Waals surface area contributed by atoms with E-state index >= 15 is 0 Å². The zero-order valence-electron chi connectivity index (χ0n) is 10.7. The predicted molar refractivity (Wildman–Crippen MR) is 69.9 cm³/mol. The summed E-state index contributed by atoms with van der Waals surface area (Å²) in [7, 11) is 0. The Morgan fingerprint density at radius 3 is 2.72 bits per heavy atom. The van der Waals surface area contributed by atoms with Crippen LogP contribution in [-0.4, -0.2) is 20.2 Å². The number of hydrogen-bond acceptors (Lipinski definition) is 4. The first-order valence-electron chi connectivity index (χ1n) is 6.25. The van der Waals surface area contributed by atoms with Gasteiger partial charge in [-0.25, -0.2) is 4.68 Å². The van der Waals surface area contributed by atoms with Gasteiger partial charge in [-0.15, -0.1) is 5.10 Å². The number of rotatable bonds is 2. The molecule has 1 saturated carbocycles. The quantitative estimate of drug-likeness (QED) is 0.820. The summed E-state index contributed by atoms with van der Waals surface area (Å²) in [6.07, 6.45) is 3.50. The first-order chi connectivity index (χ1) is 8.60. The lowest BCUT2D eigenvalue weighted by Crippen LogP contribution is -2.38. The van der Waals surface area contributed by atoms with Gasteiger partial charge >= 0.3 is 0 Å². The topological polar surface area (TPSA) is 69.6 Å². The highest BCUT2D eigenvalue weighted by Gasteiger charge is 2.37. The molecule has 1 fully saturated rings. The number of hydrogen-bond donors (Lipinski definition) is 1. The van der Waals surface area contributed by atoms with Gasteiger partial charge in [0.1, 0.15) is 0 Å². The molecular weight excluding hydrogens is 226 g/mol. The van der Waals surface area contributed by atoms with Gasteiger partial charge in [-0.1, -0.05) is 12.1 Å². The Bertz CT molecular complexity index is 583. The molecule has 1 heterocycles. The van der Waals surface area contributed by atoms with Crippen LogP contribution >= 0.6 is 0 Å². The molecule has 0 bridgehead atoms. The molecule has 5 nitrogen and oxygen atoms in total. The maximum Gasteiger partial charge on any atom is 0.182 e. The number of nitrogens with two attached hydrogens (primary N) is 1. The lowest BCUT2D eigenvalue weighted by atomic mass is 9.78. The first kappa shape index (κ1) is 11.2. The van der Waals surface area contributed by atoms with Gasteiger partial charge in [0, 0.05) is 11.3 Å². The third-order valence-corrected chi connectivity index (χ3v) is 3.95. The zero-order chi connectivity index (χ0) is 12.8. The Morgan fingerprint density at radius 1 is 1.33 bits per heavy atom. The van der Waals surface area contributed by atoms with Crippen LogP contribution < -0.4 is 5.73 Å². The Morgan fingerprint density at radius 2 is 2.11 bits per heavy atom. The van der Waals surface area contributed by atoms with Gasteiger partial charge in [-0.2, -0.15) is 0 Å². The van der Waals surface area contributed by atoms with Crippen LogP contribution in [0.2, 0.25) is 0 Å². The van der Waals surface area contributed by atoms with Crippen molar-refractivity contribution in [2.75, 3.05) is 5.73 Å². The van der Waals surface area contributed by atoms with Crippen molar-refractivity contribution in [1.29, 1.82) is 0 Å². The van der Waals surface area contributed by atoms with Gasteiger partial charge in [-0.3, -0.25) is 0 Å². The number of aryl methyl sites for hydroxylation is 1. The molecule has 0 saturated heterocycles. The fourth-order valence-electron chi connectivity index (χ4n) is 2.41. The summed E-state index contributed by atoms with van der Waals surface area (Å²) in [5, 5.41) is 12.1. The minimum absolute atomic E-state index is 0.0679. The van der Waals surface area contributed by atoms with Gasteiger partial charge in [0.05, 0.1) is 5.54 Å². The third-order valence-electron chi connectivity index (χ3n) is 3.95. The van der Waals surface area contributed by atoms with Crippen molar-refractivity contribution >= 4 is 5.69 Å². The molecule has 1 aliphatic rings. The molecule has 5 heteroatoms. The summed E-state index contributed by atoms with van der Waals surface area (Å²) in [5.41, 5.74) is 8.86. The molecule has 1 aliphatic carbocycles. The van der Waals surface area contributed by atoms with E-state index in [1.54, 1.807) is 0 Å². The molecule has 1 aromatic heterocycles. The van der Waals surface area contributed by atoms with Crippen molar-refractivity contribution in [3.8, 4) is 11.4 Å². The molecular formula is C13H17N5. The van der Waals surface area contributed by atoms with E-state index in [0.717, 1.165) is 35.5 Å². The van der Waals surface area contributed by atoms with Crippen LogP contribution in [0.1, 0.15) is 31.7 Å². The van der Waals surface area contributed by atoms with Crippen LogP contribution in [0.25, 0.3) is 11.4 Å². The standard InChI is InChI=1S/C13H17N5/c1-9-4-5-10(8-11(9)14)12-15-16-17-18(12)13(2)6-3-7-13/h4-5,8H,3,6-7,14H2,1-2H3. The van der Waals surface area contributed by atoms with E-state index in [9.17, 15) is 0 Å². The zero-order valence-corrected chi connectivity index (χ0v) is 10.7. The summed E-state index contributed by atoms with van der Waals surface area (Å²) in [6, 6.07) is 5.97. The lowest BCUT2D eigenvalue weighted by Gasteiger charge is -2.38. The Kier molecular flexibility index (Phi) is 2.36. The molecule has 2 N–H and O–H groups in total. The number of nitrogens with zero attached hydrogens (tertiary/aromatic N) is 4. The van der Waals surface area contributed by atoms with E-state index in [1.165, 1.54) is 6.42 Å². The molecule has 3 rings (SSSR count). The average Bonchev–Trinajstić information content (AvgIpc) is 2.79. The largest absolute Gasteiger partial charge is 0.398 e. The third kappa shape index (κ3) is 1.58. The molecule has 2 aromatic rings. The van der Waals surface area contributed by atoms with E-state index in [2.05, 4.69) is 22.4 Å². The summed E-state index contributed by atoms with van der Waals surface area (Å²) in [4.78, 5) is 0. The van der Waals surface area contributed by atoms with Crippen molar-refractivity contribution in [3.63, 3.8) is 0 Å². The van der Waals surface area contributed by atoms with Crippen LogP contribution in [-0.2, 0) is 5.54 Å². The minimum Gasteiger partial charge on any atom is -0.398 e. The van der Waals surface area contributed by atoms with Crippen LogP contribution in [0, 0.1) is 6.92 Å². The van der Waals surface area contributed by atoms with Gasteiger partial charge < -0.3 is 5.73 Å². The molecule has 0 amide bonds. The highest BCUT2D eigenvalue weighted by atomic mass is 15.6. The normalized spacial score (nSPS) is 17.4. The predicted octanol–water partition coefficient (Wildman–Crippen LogP) is 2.13. The van der Waals surface area contributed by atoms with Crippen LogP contribution in [0.3, 0.4) is 0 Å². The SMILES string of the molecule is Cc1ccc(-c2nnnn2C2(C)CCC2)cc1N. The van der Waals surface area contributed by atoms with E-state index in [4.69, 9.17) is 5.73 Å². The lowest BCUT2D eigenvalue weighted by molar-refractivity contribution is 0.148. The summed E-state index contributed by atoms with van der Waals surface area (Å²) in [5.74, 6) is 0.809. The number of benzene rings is 1. The summed E-state index contributed by atoms with van der Waals surface area (Å²) < 4.78 is 1.95. The number of anilines is 1. The van der Waals surface area contributed by atoms with Gasteiger partial charge in [0.2, 0.25) is 0 Å². The van der Waals surface area contributed by atoms with Crippen molar-refractivity contribution in [2.45, 2.75) is 38.6 Å². The molecule has 0 unspecified atom stereocenters. The molecule has 18 heavy (non-hydrogen) atoms. The van der Waals surface area contributed by atoms with Crippen molar-refractivity contribution < 1.29 is 0 Å². The highest BCUT2D eigenvalue weighted by molar-refractivity contribution is 5.63. The second-order valence-corrected chi connectivity index (χ2v) is 5.34. The maximum absolute atomic E-state index is 5.95. The summed E-state index contributed by atoms with van der Waals surface area (Å²) in [6.45, 7) is 4.20. The molecule has 0 spiro atoms. The Labute approximate surface area is 106 Å². The number of nitrogen functional groups attached to an aromatic ring is 1. The average molecular weight is 243 g/mol. The fraction of sp³-hybridized carbons (Fsp3) is 0.462. The molecule has 0 atom stereocenters. The number of aromatic nitrogens is 4. The minimum atomic E-state index is 0.0679. The Balaban J connectivity index is 2.07. The molecule has 0 aliphatic heterocycles. The Hall–Kier alpha value is -1.91. The van der Waals surface area contributed by atoms with E-state index in [-0.39, 0.29) is 5.54 Å². The van der Waals surface area contributed by atoms with Crippen molar-refractivity contribution in [3.05, 3.63) is 23.8 Å². The second-order valence-electron chi connectivity index (χ2n) is 5.34. The number of tetrazole rings is 1. The van der Waals surface area contributed by atoms with Gasteiger partial charge in [0.25, 0.3) is 0 Å². The van der Waals surface area contributed by atoms with Crippen LogP contribution in [0.4, 0.5) is 5.69 Å². The molecule has 1 aromatic carbocycles. The second kappa shape index (κ2) is 3.80.